The number of amides is 3. The van der Waals surface area contributed by atoms with E-state index in [0.29, 0.717) is 6.54 Å². The molecule has 3 amide bonds. The number of imide groups is 1. The normalized spacial score (nSPS) is 12.1. The molecule has 1 atom stereocenters. The molecule has 3 aromatic rings. The van der Waals surface area contributed by atoms with Gasteiger partial charge in [0.05, 0.1) is 0 Å². The van der Waals surface area contributed by atoms with Crippen molar-refractivity contribution in [2.75, 3.05) is 11.9 Å². The summed E-state index contributed by atoms with van der Waals surface area (Å²) in [5.74, 6) is -0.368. The summed E-state index contributed by atoms with van der Waals surface area (Å²) >= 11 is 0. The van der Waals surface area contributed by atoms with Crippen molar-refractivity contribution in [3.8, 4) is 0 Å². The van der Waals surface area contributed by atoms with Gasteiger partial charge in [-0.1, -0.05) is 18.2 Å². The first-order valence-electron chi connectivity index (χ1n) is 8.91. The lowest BCUT2D eigenvalue weighted by molar-refractivity contribution is -0.120. The van der Waals surface area contributed by atoms with E-state index in [1.165, 1.54) is 16.4 Å². The van der Waals surface area contributed by atoms with Gasteiger partial charge in [0.15, 0.2) is 0 Å². The van der Waals surface area contributed by atoms with Gasteiger partial charge >= 0.3 is 6.03 Å². The second-order valence-electron chi connectivity index (χ2n) is 6.21. The lowest BCUT2D eigenvalue weighted by Crippen LogP contribution is -2.45. The zero-order valence-corrected chi connectivity index (χ0v) is 15.3. The van der Waals surface area contributed by atoms with E-state index in [4.69, 9.17) is 0 Å². The minimum Gasteiger partial charge on any atom is -0.374 e. The number of aromatic nitrogens is 1. The van der Waals surface area contributed by atoms with Gasteiger partial charge in [0, 0.05) is 40.6 Å². The topological polar surface area (TPSA) is 75.2 Å². The summed E-state index contributed by atoms with van der Waals surface area (Å²) in [6.45, 7) is 7.02. The van der Waals surface area contributed by atoms with Gasteiger partial charge in [-0.3, -0.25) is 10.1 Å². The molecule has 1 aromatic heterocycles. The fourth-order valence-electron chi connectivity index (χ4n) is 3.22. The van der Waals surface area contributed by atoms with E-state index in [1.54, 1.807) is 13.8 Å². The van der Waals surface area contributed by atoms with E-state index in [-0.39, 0.29) is 5.91 Å². The van der Waals surface area contributed by atoms with Crippen LogP contribution in [0, 0.1) is 0 Å². The van der Waals surface area contributed by atoms with Crippen molar-refractivity contribution in [2.45, 2.75) is 33.4 Å². The summed E-state index contributed by atoms with van der Waals surface area (Å²) in [4.78, 5) is 23.6. The number of fused-ring (bicyclic) bond motifs is 3. The molecular weight excluding hydrogens is 328 g/mol. The number of urea groups is 1. The first kappa shape index (κ1) is 17.8. The van der Waals surface area contributed by atoms with Crippen molar-refractivity contribution in [1.82, 2.24) is 15.2 Å². The fraction of sp³-hybridized carbons (Fsp3) is 0.300. The monoisotopic (exact) mass is 352 g/mol. The summed E-state index contributed by atoms with van der Waals surface area (Å²) in [6, 6.07) is 13.4. The van der Waals surface area contributed by atoms with Crippen molar-refractivity contribution in [1.29, 1.82) is 0 Å². The van der Waals surface area contributed by atoms with Crippen LogP contribution in [0.25, 0.3) is 21.8 Å². The largest absolute Gasteiger partial charge is 0.374 e. The number of nitrogens with zero attached hydrogens (tertiary/aromatic N) is 1. The molecule has 0 bridgehead atoms. The Labute approximate surface area is 152 Å². The summed E-state index contributed by atoms with van der Waals surface area (Å²) < 4.78 is 2.28. The van der Waals surface area contributed by atoms with Crippen LogP contribution in [-0.4, -0.2) is 29.1 Å². The molecular formula is C20H24N4O2. The van der Waals surface area contributed by atoms with Crippen molar-refractivity contribution < 1.29 is 9.59 Å². The van der Waals surface area contributed by atoms with E-state index in [2.05, 4.69) is 51.7 Å². The predicted octanol–water partition coefficient (Wildman–Crippen LogP) is 3.46. The molecule has 0 aliphatic heterocycles. The molecule has 0 aliphatic carbocycles. The molecule has 0 radical (unpaired) electrons. The van der Waals surface area contributed by atoms with Crippen molar-refractivity contribution in [3.63, 3.8) is 0 Å². The van der Waals surface area contributed by atoms with Gasteiger partial charge in [0.25, 0.3) is 0 Å². The molecule has 0 fully saturated rings. The third kappa shape index (κ3) is 3.35. The van der Waals surface area contributed by atoms with Crippen molar-refractivity contribution in [2.24, 2.45) is 0 Å². The smallest absolute Gasteiger partial charge is 0.321 e. The maximum Gasteiger partial charge on any atom is 0.321 e. The molecule has 2 aromatic carbocycles. The first-order chi connectivity index (χ1) is 12.5. The number of carbonyl (C=O) groups excluding carboxylic acids is 2. The molecule has 1 unspecified atom stereocenters. The highest BCUT2D eigenvalue weighted by atomic mass is 16.2. The molecule has 136 valence electrons. The number of aryl methyl sites for hydroxylation is 1. The molecule has 1 heterocycles. The summed E-state index contributed by atoms with van der Waals surface area (Å²) in [5, 5.41) is 10.4. The number of carbonyl (C=O) groups is 2. The van der Waals surface area contributed by atoms with Gasteiger partial charge in [-0.2, -0.15) is 0 Å². The van der Waals surface area contributed by atoms with Gasteiger partial charge < -0.3 is 15.2 Å². The number of nitrogens with one attached hydrogen (secondary N) is 3. The van der Waals surface area contributed by atoms with Crippen LogP contribution >= 0.6 is 0 Å². The van der Waals surface area contributed by atoms with E-state index in [0.717, 1.165) is 17.6 Å². The van der Waals surface area contributed by atoms with Crippen LogP contribution < -0.4 is 16.0 Å². The lowest BCUT2D eigenvalue weighted by atomic mass is 10.1. The van der Waals surface area contributed by atoms with Crippen LogP contribution in [0.4, 0.5) is 10.5 Å². The highest BCUT2D eigenvalue weighted by Gasteiger charge is 2.16. The standard InChI is InChI=1S/C20H24N4O2/c1-4-21-20(26)23-19(25)13(3)22-14-10-11-18-16(12-14)15-8-6-7-9-17(15)24(18)5-2/h6-13,22H,4-5H2,1-3H3,(H2,21,23,25,26). The second-order valence-corrected chi connectivity index (χ2v) is 6.21. The van der Waals surface area contributed by atoms with E-state index in [9.17, 15) is 9.59 Å². The average Bonchev–Trinajstić information content (AvgIpc) is 2.95. The number of hydrogen-bond acceptors (Lipinski definition) is 3. The van der Waals surface area contributed by atoms with Crippen LogP contribution in [0.3, 0.4) is 0 Å². The van der Waals surface area contributed by atoms with Crippen molar-refractivity contribution in [3.05, 3.63) is 42.5 Å². The average molecular weight is 352 g/mol. The molecule has 26 heavy (non-hydrogen) atoms. The maximum absolute atomic E-state index is 12.1. The highest BCUT2D eigenvalue weighted by Crippen LogP contribution is 2.31. The molecule has 0 saturated carbocycles. The van der Waals surface area contributed by atoms with Gasteiger partial charge in [-0.15, -0.1) is 0 Å². The van der Waals surface area contributed by atoms with Gasteiger partial charge in [0.1, 0.15) is 6.04 Å². The SMILES string of the molecule is CCNC(=O)NC(=O)C(C)Nc1ccc2c(c1)c1ccccc1n2CC. The fourth-order valence-corrected chi connectivity index (χ4v) is 3.22. The number of hydrogen-bond donors (Lipinski definition) is 3. The van der Waals surface area contributed by atoms with E-state index in [1.807, 2.05) is 18.2 Å². The zero-order chi connectivity index (χ0) is 18.7. The van der Waals surface area contributed by atoms with E-state index < -0.39 is 12.1 Å². The van der Waals surface area contributed by atoms with Gasteiger partial charge in [-0.25, -0.2) is 4.79 Å². The number of anilines is 1. The zero-order valence-electron chi connectivity index (χ0n) is 15.3. The van der Waals surface area contributed by atoms with Crippen LogP contribution in [0.5, 0.6) is 0 Å². The number of para-hydroxylation sites is 1. The Kier molecular flexibility index (Phi) is 5.11. The maximum atomic E-state index is 12.1. The third-order valence-corrected chi connectivity index (χ3v) is 4.44. The van der Waals surface area contributed by atoms with Gasteiger partial charge in [-0.05, 0) is 45.0 Å². The Morgan fingerprint density at radius 2 is 1.77 bits per heavy atom. The third-order valence-electron chi connectivity index (χ3n) is 4.44. The quantitative estimate of drug-likeness (QED) is 0.658. The van der Waals surface area contributed by atoms with Crippen LogP contribution in [0.15, 0.2) is 42.5 Å². The van der Waals surface area contributed by atoms with Crippen molar-refractivity contribution >= 4 is 39.4 Å². The predicted molar refractivity (Wildman–Crippen MR) is 105 cm³/mol. The summed E-state index contributed by atoms with van der Waals surface area (Å²) in [6.07, 6.45) is 0. The molecule has 0 aliphatic rings. The molecule has 0 spiro atoms. The molecule has 0 saturated heterocycles. The second kappa shape index (κ2) is 7.47. The molecule has 3 N–H and O–H groups in total. The van der Waals surface area contributed by atoms with Crippen LogP contribution in [0.2, 0.25) is 0 Å². The molecule has 3 rings (SSSR count). The highest BCUT2D eigenvalue weighted by molar-refractivity contribution is 6.09. The Morgan fingerprint density at radius 1 is 1.04 bits per heavy atom. The Balaban J connectivity index is 1.86. The minimum atomic E-state index is -0.533. The summed E-state index contributed by atoms with van der Waals surface area (Å²) in [7, 11) is 0. The van der Waals surface area contributed by atoms with Crippen LogP contribution in [-0.2, 0) is 11.3 Å². The first-order valence-corrected chi connectivity index (χ1v) is 8.91. The van der Waals surface area contributed by atoms with E-state index >= 15 is 0 Å². The Bertz CT molecular complexity index is 961. The summed E-state index contributed by atoms with van der Waals surface area (Å²) in [5.41, 5.74) is 3.21. The minimum absolute atomic E-state index is 0.368. The number of benzene rings is 2. The van der Waals surface area contributed by atoms with Crippen LogP contribution in [0.1, 0.15) is 20.8 Å². The van der Waals surface area contributed by atoms with Gasteiger partial charge in [0.2, 0.25) is 5.91 Å². The Morgan fingerprint density at radius 3 is 2.50 bits per heavy atom. The Hall–Kier alpha value is -3.02. The lowest BCUT2D eigenvalue weighted by Gasteiger charge is -2.15. The number of rotatable bonds is 5. The molecule has 6 nitrogen and oxygen atoms in total. The molecule has 6 heteroatoms.